The fraction of sp³-hybridized carbons (Fsp3) is 0.278. The smallest absolute Gasteiger partial charge is 0.253 e. The number of ether oxygens (including phenoxy) is 2. The van der Waals surface area contributed by atoms with Crippen molar-refractivity contribution in [2.75, 3.05) is 26.8 Å². The molecule has 116 valence electrons. The van der Waals surface area contributed by atoms with Crippen molar-refractivity contribution in [2.45, 2.75) is 6.92 Å². The fourth-order valence-electron chi connectivity index (χ4n) is 2.00. The zero-order valence-electron chi connectivity index (χ0n) is 13.0. The molecule has 0 fully saturated rings. The van der Waals surface area contributed by atoms with Gasteiger partial charge in [-0.15, -0.1) is 0 Å². The van der Waals surface area contributed by atoms with E-state index < -0.39 is 0 Å². The number of likely N-dealkylation sites (N-methyl/N-ethyl adjacent to an activating group) is 1. The Hall–Kier alpha value is -2.49. The van der Waals surface area contributed by atoms with Gasteiger partial charge in [0.15, 0.2) is 0 Å². The number of benzene rings is 2. The second-order valence-electron chi connectivity index (χ2n) is 4.85. The molecule has 2 aromatic carbocycles. The highest BCUT2D eigenvalue weighted by molar-refractivity contribution is 5.94. The number of carbonyl (C=O) groups excluding carboxylic acids is 1. The normalized spacial score (nSPS) is 10.1. The van der Waals surface area contributed by atoms with Gasteiger partial charge in [-0.25, -0.2) is 0 Å². The lowest BCUT2D eigenvalue weighted by Gasteiger charge is -2.17. The first-order valence-corrected chi connectivity index (χ1v) is 7.37. The average Bonchev–Trinajstić information content (AvgIpc) is 2.56. The minimum atomic E-state index is -0.0280. The Labute approximate surface area is 131 Å². The Morgan fingerprint density at radius 2 is 1.59 bits per heavy atom. The molecule has 0 spiro atoms. The summed E-state index contributed by atoms with van der Waals surface area (Å²) < 4.78 is 11.0. The number of amides is 1. The van der Waals surface area contributed by atoms with Gasteiger partial charge >= 0.3 is 0 Å². The van der Waals surface area contributed by atoms with E-state index in [-0.39, 0.29) is 5.91 Å². The topological polar surface area (TPSA) is 38.8 Å². The average molecular weight is 299 g/mol. The van der Waals surface area contributed by atoms with Crippen LogP contribution in [-0.4, -0.2) is 37.6 Å². The number of carbonyl (C=O) groups is 1. The first-order chi connectivity index (χ1) is 10.7. The molecule has 0 bridgehead atoms. The summed E-state index contributed by atoms with van der Waals surface area (Å²) in [7, 11) is 1.77. The Bertz CT molecular complexity index is 581. The molecule has 0 unspecified atom stereocenters. The van der Waals surface area contributed by atoms with Crippen molar-refractivity contribution in [3.8, 4) is 11.5 Å². The molecule has 0 saturated heterocycles. The molecule has 0 radical (unpaired) electrons. The lowest BCUT2D eigenvalue weighted by Crippen LogP contribution is -2.30. The van der Waals surface area contributed by atoms with E-state index >= 15 is 0 Å². The third-order valence-electron chi connectivity index (χ3n) is 3.20. The predicted molar refractivity (Wildman–Crippen MR) is 86.5 cm³/mol. The molecule has 22 heavy (non-hydrogen) atoms. The van der Waals surface area contributed by atoms with Gasteiger partial charge in [0.2, 0.25) is 0 Å². The van der Waals surface area contributed by atoms with E-state index in [0.717, 1.165) is 11.5 Å². The highest BCUT2D eigenvalue weighted by Crippen LogP contribution is 2.13. The quantitative estimate of drug-likeness (QED) is 0.788. The number of hydrogen-bond acceptors (Lipinski definition) is 3. The minimum absolute atomic E-state index is 0.0280. The lowest BCUT2D eigenvalue weighted by atomic mass is 10.2. The lowest BCUT2D eigenvalue weighted by molar-refractivity contribution is 0.0773. The standard InChI is InChI=1S/C18H21NO3/c1-3-21-17-11-9-15(10-12-17)18(20)19(2)13-14-22-16-7-5-4-6-8-16/h4-12H,3,13-14H2,1-2H3. The molecular weight excluding hydrogens is 278 g/mol. The molecular formula is C18H21NO3. The van der Waals surface area contributed by atoms with Crippen molar-refractivity contribution in [3.63, 3.8) is 0 Å². The summed E-state index contributed by atoms with van der Waals surface area (Å²) in [6, 6.07) is 16.8. The van der Waals surface area contributed by atoms with Gasteiger partial charge < -0.3 is 14.4 Å². The van der Waals surface area contributed by atoms with Crippen LogP contribution in [-0.2, 0) is 0 Å². The van der Waals surface area contributed by atoms with Crippen LogP contribution in [0, 0.1) is 0 Å². The summed E-state index contributed by atoms with van der Waals surface area (Å²) in [4.78, 5) is 13.9. The van der Waals surface area contributed by atoms with Crippen molar-refractivity contribution in [1.29, 1.82) is 0 Å². The molecule has 0 N–H and O–H groups in total. The van der Waals surface area contributed by atoms with Crippen LogP contribution in [0.25, 0.3) is 0 Å². The van der Waals surface area contributed by atoms with Crippen molar-refractivity contribution < 1.29 is 14.3 Å². The fourth-order valence-corrected chi connectivity index (χ4v) is 2.00. The number of nitrogens with zero attached hydrogens (tertiary/aromatic N) is 1. The molecule has 0 aliphatic rings. The molecule has 4 heteroatoms. The molecule has 0 atom stereocenters. The maximum Gasteiger partial charge on any atom is 0.253 e. The van der Waals surface area contributed by atoms with Crippen LogP contribution >= 0.6 is 0 Å². The molecule has 1 amide bonds. The third kappa shape index (κ3) is 4.52. The van der Waals surface area contributed by atoms with Gasteiger partial charge in [0, 0.05) is 12.6 Å². The Morgan fingerprint density at radius 3 is 2.23 bits per heavy atom. The van der Waals surface area contributed by atoms with E-state index in [4.69, 9.17) is 9.47 Å². The minimum Gasteiger partial charge on any atom is -0.494 e. The van der Waals surface area contributed by atoms with Crippen LogP contribution in [0.3, 0.4) is 0 Å². The van der Waals surface area contributed by atoms with Crippen LogP contribution in [0.5, 0.6) is 11.5 Å². The van der Waals surface area contributed by atoms with E-state index in [1.54, 1.807) is 24.1 Å². The zero-order valence-corrected chi connectivity index (χ0v) is 13.0. The van der Waals surface area contributed by atoms with Crippen LogP contribution in [0.2, 0.25) is 0 Å². The molecule has 0 heterocycles. The van der Waals surface area contributed by atoms with Gasteiger partial charge in [-0.2, -0.15) is 0 Å². The highest BCUT2D eigenvalue weighted by atomic mass is 16.5. The largest absolute Gasteiger partial charge is 0.494 e. The maximum atomic E-state index is 12.3. The van der Waals surface area contributed by atoms with Gasteiger partial charge in [-0.1, -0.05) is 18.2 Å². The van der Waals surface area contributed by atoms with Crippen molar-refractivity contribution in [2.24, 2.45) is 0 Å². The molecule has 2 aromatic rings. The van der Waals surface area contributed by atoms with Gasteiger partial charge in [0.1, 0.15) is 18.1 Å². The van der Waals surface area contributed by atoms with Crippen LogP contribution in [0.1, 0.15) is 17.3 Å². The zero-order chi connectivity index (χ0) is 15.8. The molecule has 2 rings (SSSR count). The molecule has 0 saturated carbocycles. The van der Waals surface area contributed by atoms with E-state index in [9.17, 15) is 4.79 Å². The summed E-state index contributed by atoms with van der Waals surface area (Å²) in [6.45, 7) is 3.54. The van der Waals surface area contributed by atoms with Crippen LogP contribution < -0.4 is 9.47 Å². The summed E-state index contributed by atoms with van der Waals surface area (Å²) in [5.41, 5.74) is 0.644. The van der Waals surface area contributed by atoms with Gasteiger partial charge in [-0.05, 0) is 43.3 Å². The molecule has 0 aliphatic heterocycles. The first kappa shape index (κ1) is 15.9. The maximum absolute atomic E-state index is 12.3. The summed E-state index contributed by atoms with van der Waals surface area (Å²) in [5, 5.41) is 0. The Kier molecular flexibility index (Phi) is 5.83. The van der Waals surface area contributed by atoms with Gasteiger partial charge in [0.25, 0.3) is 5.91 Å². The number of para-hydroxylation sites is 1. The summed E-state index contributed by atoms with van der Waals surface area (Å²) in [5.74, 6) is 1.55. The Balaban J connectivity index is 1.83. The SMILES string of the molecule is CCOc1ccc(C(=O)N(C)CCOc2ccccc2)cc1. The third-order valence-corrected chi connectivity index (χ3v) is 3.20. The second kappa shape index (κ2) is 8.08. The van der Waals surface area contributed by atoms with Gasteiger partial charge in [-0.3, -0.25) is 4.79 Å². The summed E-state index contributed by atoms with van der Waals surface area (Å²) >= 11 is 0. The van der Waals surface area contributed by atoms with Gasteiger partial charge in [0.05, 0.1) is 13.2 Å². The second-order valence-corrected chi connectivity index (χ2v) is 4.85. The molecule has 0 aromatic heterocycles. The summed E-state index contributed by atoms with van der Waals surface area (Å²) in [6.07, 6.45) is 0. The van der Waals surface area contributed by atoms with E-state index in [1.807, 2.05) is 49.4 Å². The van der Waals surface area contributed by atoms with E-state index in [1.165, 1.54) is 0 Å². The van der Waals surface area contributed by atoms with E-state index in [2.05, 4.69) is 0 Å². The van der Waals surface area contributed by atoms with E-state index in [0.29, 0.717) is 25.3 Å². The number of rotatable bonds is 7. The Morgan fingerprint density at radius 1 is 0.955 bits per heavy atom. The predicted octanol–water partition coefficient (Wildman–Crippen LogP) is 3.24. The monoisotopic (exact) mass is 299 g/mol. The van der Waals surface area contributed by atoms with Crippen molar-refractivity contribution in [1.82, 2.24) is 4.90 Å². The highest BCUT2D eigenvalue weighted by Gasteiger charge is 2.11. The number of hydrogen-bond donors (Lipinski definition) is 0. The molecule has 0 aliphatic carbocycles. The van der Waals surface area contributed by atoms with Crippen molar-refractivity contribution in [3.05, 3.63) is 60.2 Å². The first-order valence-electron chi connectivity index (χ1n) is 7.37. The van der Waals surface area contributed by atoms with Crippen LogP contribution in [0.4, 0.5) is 0 Å². The van der Waals surface area contributed by atoms with Crippen LogP contribution in [0.15, 0.2) is 54.6 Å². The molecule has 4 nitrogen and oxygen atoms in total. The van der Waals surface area contributed by atoms with Crippen molar-refractivity contribution >= 4 is 5.91 Å².